The zero-order chi connectivity index (χ0) is 38.7. The normalized spacial score (nSPS) is 20.1. The molecule has 0 bridgehead atoms. The van der Waals surface area contributed by atoms with Crippen LogP contribution >= 0.6 is 0 Å². The van der Waals surface area contributed by atoms with Crippen LogP contribution in [-0.4, -0.2) is 12.2 Å². The Morgan fingerprint density at radius 3 is 1.88 bits per heavy atom. The van der Waals surface area contributed by atoms with E-state index in [1.165, 1.54) is 61.2 Å². The van der Waals surface area contributed by atoms with Crippen molar-refractivity contribution in [3.8, 4) is 33.8 Å². The van der Waals surface area contributed by atoms with Crippen molar-refractivity contribution < 1.29 is 9.47 Å². The number of ether oxygens (including phenoxy) is 2. The summed E-state index contributed by atoms with van der Waals surface area (Å²) >= 11 is 0. The van der Waals surface area contributed by atoms with E-state index in [1.54, 1.807) is 0 Å². The molecule has 0 aromatic heterocycles. The Kier molecular flexibility index (Phi) is 6.83. The summed E-state index contributed by atoms with van der Waals surface area (Å²) in [7, 11) is 0. The van der Waals surface area contributed by atoms with E-state index in [-0.39, 0.29) is 12.2 Å². The fourth-order valence-electron chi connectivity index (χ4n) is 10.5. The molecule has 3 unspecified atom stereocenters. The van der Waals surface area contributed by atoms with Gasteiger partial charge in [-0.05, 0) is 97.6 Å². The number of allylic oxidation sites excluding steroid dienone is 8. The Morgan fingerprint density at radius 2 is 1.14 bits per heavy atom. The Labute approximate surface area is 343 Å². The summed E-state index contributed by atoms with van der Waals surface area (Å²) < 4.78 is 14.2. The standard InChI is InChI=1S/C56H37NO2/c1-2-12-36(13-3-1)42-14-7-11-21-50(42)57(40-26-24-35(25-27-40)37-22-23-38-33-39(38)32-37)41-28-30-51-53(34-41)58-52-31-29-49-54(55(52)59-51)45-17-6-10-20-48(45)56(49)46-18-8-4-15-43(46)44-16-5-9-19-47(44)56/h1-34,38,52,55H. The van der Waals surface area contributed by atoms with Crippen LogP contribution in [-0.2, 0) is 5.41 Å². The fraction of sp³-hybridized carbons (Fsp3) is 0.0714. The Bertz CT molecular complexity index is 3030. The molecule has 13 rings (SSSR count). The second-order valence-corrected chi connectivity index (χ2v) is 16.2. The molecule has 0 radical (unpaired) electrons. The van der Waals surface area contributed by atoms with Gasteiger partial charge >= 0.3 is 0 Å². The highest BCUT2D eigenvalue weighted by Gasteiger charge is 2.55. The number of nitrogens with zero attached hydrogens (tertiary/aromatic N) is 1. The Hall–Kier alpha value is -7.36. The average Bonchev–Trinajstić information content (AvgIpc) is 3.95. The van der Waals surface area contributed by atoms with Crippen molar-refractivity contribution in [1.29, 1.82) is 0 Å². The monoisotopic (exact) mass is 755 g/mol. The van der Waals surface area contributed by atoms with Gasteiger partial charge in [0.1, 0.15) is 0 Å². The van der Waals surface area contributed by atoms with Crippen molar-refractivity contribution in [3.63, 3.8) is 0 Å². The van der Waals surface area contributed by atoms with E-state index in [0.29, 0.717) is 5.92 Å². The number of para-hydroxylation sites is 1. The summed E-state index contributed by atoms with van der Waals surface area (Å²) in [5.74, 6) is 2.01. The molecule has 1 aliphatic heterocycles. The maximum atomic E-state index is 7.15. The highest BCUT2D eigenvalue weighted by Crippen LogP contribution is 2.64. The molecule has 3 atom stereocenters. The lowest BCUT2D eigenvalue weighted by atomic mass is 9.69. The first-order valence-electron chi connectivity index (χ1n) is 20.6. The van der Waals surface area contributed by atoms with Gasteiger partial charge in [-0.1, -0.05) is 164 Å². The summed E-state index contributed by atoms with van der Waals surface area (Å²) in [6, 6.07) is 61.4. The van der Waals surface area contributed by atoms with E-state index >= 15 is 0 Å². The zero-order valence-corrected chi connectivity index (χ0v) is 32.1. The van der Waals surface area contributed by atoms with Crippen molar-refractivity contribution in [2.24, 2.45) is 5.92 Å². The first-order valence-corrected chi connectivity index (χ1v) is 20.6. The van der Waals surface area contributed by atoms with E-state index in [2.05, 4.69) is 211 Å². The third kappa shape index (κ3) is 4.70. The van der Waals surface area contributed by atoms with Gasteiger partial charge in [0.2, 0.25) is 0 Å². The van der Waals surface area contributed by atoms with Gasteiger partial charge in [0.25, 0.3) is 0 Å². The topological polar surface area (TPSA) is 21.7 Å². The lowest BCUT2D eigenvalue weighted by Crippen LogP contribution is -2.41. The molecule has 5 aliphatic carbocycles. The van der Waals surface area contributed by atoms with Crippen molar-refractivity contribution in [1.82, 2.24) is 0 Å². The van der Waals surface area contributed by atoms with Gasteiger partial charge in [-0.3, -0.25) is 0 Å². The molecule has 0 N–H and O–H groups in total. The van der Waals surface area contributed by atoms with Crippen LogP contribution in [0.2, 0.25) is 0 Å². The summed E-state index contributed by atoms with van der Waals surface area (Å²) in [5, 5.41) is 0. The first-order chi connectivity index (χ1) is 29.2. The summed E-state index contributed by atoms with van der Waals surface area (Å²) in [6.07, 6.45) is 13.1. The van der Waals surface area contributed by atoms with Crippen LogP contribution in [0.3, 0.4) is 0 Å². The van der Waals surface area contributed by atoms with Crippen LogP contribution < -0.4 is 14.4 Å². The van der Waals surface area contributed by atoms with Gasteiger partial charge in [0.05, 0.1) is 16.8 Å². The molecule has 3 heteroatoms. The van der Waals surface area contributed by atoms with E-state index in [1.807, 2.05) is 0 Å². The molecule has 59 heavy (non-hydrogen) atoms. The van der Waals surface area contributed by atoms with Gasteiger partial charge in [-0.15, -0.1) is 0 Å². The second kappa shape index (κ2) is 12.3. The molecule has 7 aromatic rings. The molecule has 0 fully saturated rings. The smallest absolute Gasteiger partial charge is 0.165 e. The van der Waals surface area contributed by atoms with Crippen molar-refractivity contribution in [2.45, 2.75) is 17.6 Å². The molecule has 1 spiro atoms. The molecular weight excluding hydrogens is 719 g/mol. The maximum absolute atomic E-state index is 7.15. The minimum Gasteiger partial charge on any atom is -0.478 e. The predicted octanol–water partition coefficient (Wildman–Crippen LogP) is 13.2. The van der Waals surface area contributed by atoms with Crippen molar-refractivity contribution in [3.05, 3.63) is 245 Å². The lowest BCUT2D eigenvalue weighted by Gasteiger charge is -2.38. The summed E-state index contributed by atoms with van der Waals surface area (Å²) in [5.41, 5.74) is 19.2. The number of benzene rings is 7. The minimum atomic E-state index is -0.419. The molecule has 1 heterocycles. The molecule has 7 aromatic carbocycles. The van der Waals surface area contributed by atoms with Crippen LogP contribution in [0.1, 0.15) is 27.8 Å². The molecule has 0 saturated carbocycles. The van der Waals surface area contributed by atoms with Crippen LogP contribution in [0.25, 0.3) is 33.4 Å². The number of fused-ring (bicyclic) bond motifs is 13. The lowest BCUT2D eigenvalue weighted by molar-refractivity contribution is 0.0812. The molecule has 3 nitrogen and oxygen atoms in total. The summed E-state index contributed by atoms with van der Waals surface area (Å²) in [4.78, 5) is 2.34. The maximum Gasteiger partial charge on any atom is 0.165 e. The van der Waals surface area contributed by atoms with Crippen LogP contribution in [0.15, 0.2) is 217 Å². The highest BCUT2D eigenvalue weighted by molar-refractivity contribution is 5.97. The summed E-state index contributed by atoms with van der Waals surface area (Å²) in [6.45, 7) is 0. The Morgan fingerprint density at radius 1 is 0.492 bits per heavy atom. The van der Waals surface area contributed by atoms with E-state index < -0.39 is 5.41 Å². The molecule has 0 saturated heterocycles. The van der Waals surface area contributed by atoms with Crippen LogP contribution in [0.4, 0.5) is 17.1 Å². The van der Waals surface area contributed by atoms with E-state index in [0.717, 1.165) is 39.7 Å². The average molecular weight is 756 g/mol. The molecule has 6 aliphatic rings. The SMILES string of the molecule is C1=CC2C=C2C=C1c1ccc(N(c2ccc3c(c2)OC2C=CC4=C(c5ccccc5C45c4ccccc4-c4ccccc45)C2O3)c2ccccc2-c2ccccc2)cc1. The van der Waals surface area contributed by atoms with Gasteiger partial charge in [0, 0.05) is 28.8 Å². The Balaban J connectivity index is 0.921. The predicted molar refractivity (Wildman–Crippen MR) is 238 cm³/mol. The number of hydrogen-bond donors (Lipinski definition) is 0. The molecular formula is C56H37NO2. The van der Waals surface area contributed by atoms with Gasteiger partial charge in [0.15, 0.2) is 23.7 Å². The number of hydrogen-bond acceptors (Lipinski definition) is 3. The van der Waals surface area contributed by atoms with E-state index in [9.17, 15) is 0 Å². The number of rotatable bonds is 5. The van der Waals surface area contributed by atoms with Gasteiger partial charge in [-0.2, -0.15) is 0 Å². The first kappa shape index (κ1) is 32.7. The zero-order valence-electron chi connectivity index (χ0n) is 32.1. The van der Waals surface area contributed by atoms with Crippen molar-refractivity contribution >= 4 is 28.2 Å². The molecule has 0 amide bonds. The largest absolute Gasteiger partial charge is 0.478 e. The second-order valence-electron chi connectivity index (χ2n) is 16.2. The van der Waals surface area contributed by atoms with Crippen LogP contribution in [0.5, 0.6) is 11.5 Å². The fourth-order valence-corrected chi connectivity index (χ4v) is 10.5. The third-order valence-corrected chi connectivity index (χ3v) is 13.1. The van der Waals surface area contributed by atoms with Crippen LogP contribution in [0, 0.1) is 5.92 Å². The third-order valence-electron chi connectivity index (χ3n) is 13.1. The highest BCUT2D eigenvalue weighted by atomic mass is 16.6. The van der Waals surface area contributed by atoms with E-state index in [4.69, 9.17) is 9.47 Å². The van der Waals surface area contributed by atoms with Gasteiger partial charge < -0.3 is 14.4 Å². The van der Waals surface area contributed by atoms with Gasteiger partial charge in [-0.25, -0.2) is 0 Å². The quantitative estimate of drug-likeness (QED) is 0.175. The van der Waals surface area contributed by atoms with Crippen molar-refractivity contribution in [2.75, 3.05) is 4.90 Å². The minimum absolute atomic E-state index is 0.297. The number of anilines is 3. The molecule has 278 valence electrons.